The molecule has 1 aromatic heterocycles. The van der Waals surface area contributed by atoms with Gasteiger partial charge in [-0.3, -0.25) is 0 Å². The summed E-state index contributed by atoms with van der Waals surface area (Å²) in [4.78, 5) is 4.77. The molecule has 1 heterocycles. The predicted molar refractivity (Wildman–Crippen MR) is 55.3 cm³/mol. The van der Waals surface area contributed by atoms with Crippen molar-refractivity contribution in [2.24, 2.45) is 0 Å². The van der Waals surface area contributed by atoms with Crippen LogP contribution in [-0.2, 0) is 0 Å². The molecule has 2 aliphatic rings. The highest BCUT2D eigenvalue weighted by atomic mass is 32.1. The highest BCUT2D eigenvalue weighted by Crippen LogP contribution is 2.41. The fraction of sp³-hybridized carbons (Fsp3) is 0.727. The highest BCUT2D eigenvalue weighted by Gasteiger charge is 2.26. The second-order valence-corrected chi connectivity index (χ2v) is 5.26. The third-order valence-corrected chi connectivity index (χ3v) is 4.54. The molecule has 1 aromatic rings. The molecule has 0 amide bonds. The molecule has 2 heteroatoms. The molecule has 2 aliphatic carbocycles. The summed E-state index contributed by atoms with van der Waals surface area (Å²) in [6.45, 7) is 0. The Morgan fingerprint density at radius 2 is 1.77 bits per heavy atom. The molecule has 0 N–H and O–H groups in total. The molecular formula is C11H15NS. The summed E-state index contributed by atoms with van der Waals surface area (Å²) in [5, 5.41) is 3.73. The van der Waals surface area contributed by atoms with Gasteiger partial charge in [0.1, 0.15) is 0 Å². The van der Waals surface area contributed by atoms with E-state index in [9.17, 15) is 0 Å². The summed E-state index contributed by atoms with van der Waals surface area (Å²) in [6.07, 6.45) is 8.38. The second-order valence-electron chi connectivity index (χ2n) is 4.37. The summed E-state index contributed by atoms with van der Waals surface area (Å²) >= 11 is 1.90. The smallest absolute Gasteiger partial charge is 0.0959 e. The summed E-state index contributed by atoms with van der Waals surface area (Å²) in [7, 11) is 0. The van der Waals surface area contributed by atoms with Crippen molar-refractivity contribution < 1.29 is 0 Å². The van der Waals surface area contributed by atoms with E-state index in [-0.39, 0.29) is 0 Å². The number of rotatable bonds is 2. The van der Waals surface area contributed by atoms with Crippen molar-refractivity contribution >= 4 is 11.3 Å². The van der Waals surface area contributed by atoms with Gasteiger partial charge in [-0.25, -0.2) is 4.98 Å². The van der Waals surface area contributed by atoms with Crippen LogP contribution < -0.4 is 0 Å². The van der Waals surface area contributed by atoms with Gasteiger partial charge in [0.15, 0.2) is 0 Å². The molecule has 1 nitrogen and oxygen atoms in total. The van der Waals surface area contributed by atoms with Crippen LogP contribution in [-0.4, -0.2) is 4.98 Å². The number of aromatic nitrogens is 1. The average molecular weight is 193 g/mol. The lowest BCUT2D eigenvalue weighted by Gasteiger charge is -2.24. The average Bonchev–Trinajstić information content (AvgIpc) is 2.29. The Bertz CT molecular complexity index is 268. The van der Waals surface area contributed by atoms with Crippen LogP contribution in [0.3, 0.4) is 0 Å². The predicted octanol–water partition coefficient (Wildman–Crippen LogP) is 3.68. The van der Waals surface area contributed by atoms with Crippen molar-refractivity contribution in [1.82, 2.24) is 4.98 Å². The maximum Gasteiger partial charge on any atom is 0.0959 e. The first kappa shape index (κ1) is 7.98. The zero-order valence-corrected chi connectivity index (χ0v) is 8.65. The highest BCUT2D eigenvalue weighted by molar-refractivity contribution is 7.09. The zero-order chi connectivity index (χ0) is 8.67. The largest absolute Gasteiger partial charge is 0.246 e. The molecule has 3 rings (SSSR count). The van der Waals surface area contributed by atoms with Crippen LogP contribution in [0, 0.1) is 0 Å². The first-order chi connectivity index (χ1) is 6.43. The summed E-state index contributed by atoms with van der Waals surface area (Å²) in [6, 6.07) is 0. The fourth-order valence-electron chi connectivity index (χ4n) is 2.03. The third-order valence-electron chi connectivity index (χ3n) is 3.52. The van der Waals surface area contributed by atoms with Crippen LogP contribution >= 0.6 is 11.3 Å². The summed E-state index contributed by atoms with van der Waals surface area (Å²) in [5.41, 5.74) is 1.40. The summed E-state index contributed by atoms with van der Waals surface area (Å²) < 4.78 is 0. The number of hydrogen-bond donors (Lipinski definition) is 0. The van der Waals surface area contributed by atoms with E-state index in [4.69, 9.17) is 4.98 Å². The van der Waals surface area contributed by atoms with Crippen LogP contribution in [0.5, 0.6) is 0 Å². The fourth-order valence-corrected chi connectivity index (χ4v) is 3.11. The maximum atomic E-state index is 4.77. The Balaban J connectivity index is 1.76. The van der Waals surface area contributed by atoms with Gasteiger partial charge in [0.2, 0.25) is 0 Å². The molecule has 0 aliphatic heterocycles. The normalized spacial score (nSPS) is 24.0. The van der Waals surface area contributed by atoms with Gasteiger partial charge >= 0.3 is 0 Å². The van der Waals surface area contributed by atoms with Crippen LogP contribution in [0.4, 0.5) is 0 Å². The Labute approximate surface area is 83.2 Å². The molecule has 0 saturated heterocycles. The van der Waals surface area contributed by atoms with E-state index in [1.807, 2.05) is 11.3 Å². The van der Waals surface area contributed by atoms with E-state index in [1.54, 1.807) is 0 Å². The van der Waals surface area contributed by atoms with E-state index in [0.29, 0.717) is 0 Å². The van der Waals surface area contributed by atoms with Gasteiger partial charge in [-0.05, 0) is 25.7 Å². The molecule has 0 aromatic carbocycles. The van der Waals surface area contributed by atoms with Gasteiger partial charge in [0.25, 0.3) is 0 Å². The number of nitrogens with zero attached hydrogens (tertiary/aromatic N) is 1. The van der Waals surface area contributed by atoms with Crippen molar-refractivity contribution in [3.8, 4) is 0 Å². The Kier molecular flexibility index (Phi) is 1.90. The van der Waals surface area contributed by atoms with Crippen molar-refractivity contribution in [3.05, 3.63) is 16.1 Å². The minimum Gasteiger partial charge on any atom is -0.246 e. The molecule has 2 fully saturated rings. The Hall–Kier alpha value is -0.370. The minimum atomic E-state index is 0.824. The third kappa shape index (κ3) is 1.32. The van der Waals surface area contributed by atoms with E-state index in [0.717, 1.165) is 11.8 Å². The summed E-state index contributed by atoms with van der Waals surface area (Å²) in [5.74, 6) is 1.66. The molecule has 0 spiro atoms. The van der Waals surface area contributed by atoms with Crippen molar-refractivity contribution in [2.75, 3.05) is 0 Å². The van der Waals surface area contributed by atoms with Crippen molar-refractivity contribution in [3.63, 3.8) is 0 Å². The number of hydrogen-bond acceptors (Lipinski definition) is 2. The quantitative estimate of drug-likeness (QED) is 0.698. The van der Waals surface area contributed by atoms with E-state index < -0.39 is 0 Å². The zero-order valence-electron chi connectivity index (χ0n) is 7.83. The standard InChI is InChI=1S/C11H15NS/c1-3-8(4-1)10-7-13-11(12-10)9-5-2-6-9/h7-9H,1-6H2. The SMILES string of the molecule is c1sc(C2CCC2)nc1C1CCC1. The van der Waals surface area contributed by atoms with Gasteiger partial charge in [-0.15, -0.1) is 11.3 Å². The molecule has 0 atom stereocenters. The molecular weight excluding hydrogens is 178 g/mol. The first-order valence-electron chi connectivity index (χ1n) is 5.39. The van der Waals surface area contributed by atoms with E-state index in [2.05, 4.69) is 5.38 Å². The lowest BCUT2D eigenvalue weighted by Crippen LogP contribution is -2.11. The van der Waals surface area contributed by atoms with Gasteiger partial charge in [-0.1, -0.05) is 12.8 Å². The van der Waals surface area contributed by atoms with E-state index >= 15 is 0 Å². The van der Waals surface area contributed by atoms with Gasteiger partial charge in [0, 0.05) is 17.2 Å². The van der Waals surface area contributed by atoms with Crippen LogP contribution in [0.25, 0.3) is 0 Å². The Morgan fingerprint density at radius 3 is 2.31 bits per heavy atom. The molecule has 70 valence electrons. The monoisotopic (exact) mass is 193 g/mol. The lowest BCUT2D eigenvalue weighted by molar-refractivity contribution is 0.400. The topological polar surface area (TPSA) is 12.9 Å². The maximum absolute atomic E-state index is 4.77. The lowest BCUT2D eigenvalue weighted by atomic mass is 9.83. The second kappa shape index (κ2) is 3.09. The van der Waals surface area contributed by atoms with Gasteiger partial charge in [-0.2, -0.15) is 0 Å². The Morgan fingerprint density at radius 1 is 1.08 bits per heavy atom. The van der Waals surface area contributed by atoms with Crippen molar-refractivity contribution in [2.45, 2.75) is 50.4 Å². The molecule has 0 radical (unpaired) electrons. The van der Waals surface area contributed by atoms with E-state index in [1.165, 1.54) is 49.2 Å². The molecule has 2 saturated carbocycles. The van der Waals surface area contributed by atoms with Crippen LogP contribution in [0.15, 0.2) is 5.38 Å². The number of thiazole rings is 1. The van der Waals surface area contributed by atoms with Crippen LogP contribution in [0.1, 0.15) is 61.1 Å². The first-order valence-corrected chi connectivity index (χ1v) is 6.27. The van der Waals surface area contributed by atoms with Crippen LogP contribution in [0.2, 0.25) is 0 Å². The van der Waals surface area contributed by atoms with Crippen molar-refractivity contribution in [1.29, 1.82) is 0 Å². The molecule has 13 heavy (non-hydrogen) atoms. The molecule has 0 unspecified atom stereocenters. The minimum absolute atomic E-state index is 0.824. The molecule has 0 bridgehead atoms. The van der Waals surface area contributed by atoms with Gasteiger partial charge in [0.05, 0.1) is 10.7 Å². The van der Waals surface area contributed by atoms with Gasteiger partial charge < -0.3 is 0 Å².